The molecule has 3 heteroatoms. The Morgan fingerprint density at radius 1 is 1.35 bits per heavy atom. The molecule has 0 radical (unpaired) electrons. The van der Waals surface area contributed by atoms with Crippen LogP contribution in [-0.2, 0) is 11.2 Å². The van der Waals surface area contributed by atoms with E-state index >= 15 is 0 Å². The van der Waals surface area contributed by atoms with Crippen LogP contribution in [-0.4, -0.2) is 11.9 Å². The molecule has 1 fully saturated rings. The van der Waals surface area contributed by atoms with Crippen molar-refractivity contribution in [1.29, 1.82) is 0 Å². The van der Waals surface area contributed by atoms with Crippen LogP contribution in [0.3, 0.4) is 0 Å². The van der Waals surface area contributed by atoms with Gasteiger partial charge in [0.05, 0.1) is 0 Å². The van der Waals surface area contributed by atoms with Crippen LogP contribution in [0.4, 0.5) is 4.39 Å². The molecule has 17 heavy (non-hydrogen) atoms. The Bertz CT molecular complexity index is 503. The summed E-state index contributed by atoms with van der Waals surface area (Å²) in [7, 11) is 0. The zero-order chi connectivity index (χ0) is 11.8. The first-order valence-electron chi connectivity index (χ1n) is 6.02. The lowest BCUT2D eigenvalue weighted by atomic mass is 10.1. The van der Waals surface area contributed by atoms with Crippen molar-refractivity contribution in [2.24, 2.45) is 0 Å². The largest absolute Gasteiger partial charge is 0.350 e. The highest BCUT2D eigenvalue weighted by atomic mass is 19.1. The van der Waals surface area contributed by atoms with Crippen molar-refractivity contribution < 1.29 is 9.18 Å². The number of hydrogen-bond acceptors (Lipinski definition) is 1. The number of rotatable bonds is 2. The summed E-state index contributed by atoms with van der Waals surface area (Å²) in [5.41, 5.74) is 2.99. The van der Waals surface area contributed by atoms with Crippen LogP contribution >= 0.6 is 0 Å². The first kappa shape index (κ1) is 10.5. The molecule has 2 aliphatic carbocycles. The number of benzene rings is 1. The van der Waals surface area contributed by atoms with E-state index in [9.17, 15) is 9.18 Å². The van der Waals surface area contributed by atoms with E-state index < -0.39 is 0 Å². The molecule has 1 amide bonds. The van der Waals surface area contributed by atoms with Gasteiger partial charge in [0.2, 0.25) is 5.91 Å². The van der Waals surface area contributed by atoms with Crippen LogP contribution in [0, 0.1) is 5.82 Å². The van der Waals surface area contributed by atoms with E-state index in [1.54, 1.807) is 6.08 Å². The van der Waals surface area contributed by atoms with Gasteiger partial charge in [-0.25, -0.2) is 4.39 Å². The van der Waals surface area contributed by atoms with Crippen LogP contribution in [0.2, 0.25) is 0 Å². The van der Waals surface area contributed by atoms with Crippen LogP contribution in [0.5, 0.6) is 0 Å². The van der Waals surface area contributed by atoms with Gasteiger partial charge in [0, 0.05) is 12.1 Å². The number of carbonyl (C=O) groups excluding carboxylic acids is 1. The molecule has 1 aromatic rings. The summed E-state index contributed by atoms with van der Waals surface area (Å²) in [6, 6.07) is 5.18. The summed E-state index contributed by atoms with van der Waals surface area (Å²) < 4.78 is 13.2. The normalized spacial score (nSPS) is 20.4. The molecule has 1 N–H and O–H groups in total. The van der Waals surface area contributed by atoms with E-state index in [0.29, 0.717) is 6.04 Å². The molecule has 88 valence electrons. The molecular weight excluding hydrogens is 217 g/mol. The van der Waals surface area contributed by atoms with Crippen molar-refractivity contribution in [2.75, 3.05) is 0 Å². The van der Waals surface area contributed by atoms with E-state index in [-0.39, 0.29) is 11.7 Å². The Balaban J connectivity index is 1.83. The lowest BCUT2D eigenvalue weighted by Gasteiger charge is -2.02. The summed E-state index contributed by atoms with van der Waals surface area (Å²) in [6.07, 6.45) is 5.53. The van der Waals surface area contributed by atoms with Crippen molar-refractivity contribution in [2.45, 2.75) is 31.7 Å². The molecule has 2 nitrogen and oxygen atoms in total. The minimum absolute atomic E-state index is 0.0420. The van der Waals surface area contributed by atoms with Crippen molar-refractivity contribution in [3.63, 3.8) is 0 Å². The predicted molar refractivity (Wildman–Crippen MR) is 63.9 cm³/mol. The number of amides is 1. The SMILES string of the molecule is O=C(C=C1CCc2ccc(F)cc21)NC1CC1. The third kappa shape index (κ3) is 2.23. The standard InChI is InChI=1S/C14H14FNO/c15-11-4-3-9-1-2-10(13(9)8-11)7-14(17)16-12-5-6-12/h3-4,7-8,12H,1-2,5-6H2,(H,16,17). The molecular formula is C14H14FNO. The second-order valence-corrected chi connectivity index (χ2v) is 4.75. The highest BCUT2D eigenvalue weighted by Gasteiger charge is 2.23. The Morgan fingerprint density at radius 3 is 2.94 bits per heavy atom. The maximum atomic E-state index is 13.2. The predicted octanol–water partition coefficient (Wildman–Crippen LogP) is 2.43. The molecule has 2 aliphatic rings. The maximum absolute atomic E-state index is 13.2. The van der Waals surface area contributed by atoms with Gasteiger partial charge < -0.3 is 5.32 Å². The number of allylic oxidation sites excluding steroid dienone is 1. The van der Waals surface area contributed by atoms with Gasteiger partial charge in [-0.3, -0.25) is 4.79 Å². The second kappa shape index (κ2) is 3.99. The summed E-state index contributed by atoms with van der Waals surface area (Å²) in [6.45, 7) is 0. The Hall–Kier alpha value is -1.64. The van der Waals surface area contributed by atoms with Gasteiger partial charge in [-0.05, 0) is 54.5 Å². The summed E-state index contributed by atoms with van der Waals surface area (Å²) in [5, 5.41) is 2.92. The number of fused-ring (bicyclic) bond motifs is 1. The fourth-order valence-corrected chi connectivity index (χ4v) is 2.25. The first-order chi connectivity index (χ1) is 8.22. The van der Waals surface area contributed by atoms with E-state index in [0.717, 1.165) is 42.4 Å². The topological polar surface area (TPSA) is 29.1 Å². The number of halogens is 1. The molecule has 0 spiro atoms. The van der Waals surface area contributed by atoms with E-state index in [4.69, 9.17) is 0 Å². The van der Waals surface area contributed by atoms with Gasteiger partial charge in [0.1, 0.15) is 5.82 Å². The highest BCUT2D eigenvalue weighted by Crippen LogP contribution is 2.32. The molecule has 0 unspecified atom stereocenters. The molecule has 0 aromatic heterocycles. The average Bonchev–Trinajstić information content (AvgIpc) is 3.01. The van der Waals surface area contributed by atoms with Crippen LogP contribution in [0.1, 0.15) is 30.4 Å². The van der Waals surface area contributed by atoms with Gasteiger partial charge >= 0.3 is 0 Å². The number of carbonyl (C=O) groups is 1. The third-order valence-corrected chi connectivity index (χ3v) is 3.31. The highest BCUT2D eigenvalue weighted by molar-refractivity contribution is 5.96. The Morgan fingerprint density at radius 2 is 2.18 bits per heavy atom. The lowest BCUT2D eigenvalue weighted by molar-refractivity contribution is -0.116. The Labute approximate surface area is 99.5 Å². The van der Waals surface area contributed by atoms with Crippen LogP contribution in [0.15, 0.2) is 24.3 Å². The van der Waals surface area contributed by atoms with Crippen molar-refractivity contribution in [3.8, 4) is 0 Å². The van der Waals surface area contributed by atoms with Gasteiger partial charge in [-0.2, -0.15) is 0 Å². The Kier molecular flexibility index (Phi) is 2.46. The minimum Gasteiger partial charge on any atom is -0.350 e. The van der Waals surface area contributed by atoms with Crippen LogP contribution < -0.4 is 5.32 Å². The summed E-state index contributed by atoms with van der Waals surface area (Å²) in [4.78, 5) is 11.7. The lowest BCUT2D eigenvalue weighted by Crippen LogP contribution is -2.23. The zero-order valence-electron chi connectivity index (χ0n) is 9.50. The van der Waals surface area contributed by atoms with E-state index in [2.05, 4.69) is 5.32 Å². The summed E-state index contributed by atoms with van der Waals surface area (Å²) >= 11 is 0. The molecule has 0 bridgehead atoms. The van der Waals surface area contributed by atoms with Crippen molar-refractivity contribution >= 4 is 11.5 Å². The fourth-order valence-electron chi connectivity index (χ4n) is 2.25. The number of nitrogens with one attached hydrogen (secondary N) is 1. The smallest absolute Gasteiger partial charge is 0.244 e. The molecule has 0 saturated heterocycles. The maximum Gasteiger partial charge on any atom is 0.244 e. The molecule has 1 saturated carbocycles. The third-order valence-electron chi connectivity index (χ3n) is 3.31. The quantitative estimate of drug-likeness (QED) is 0.778. The summed E-state index contributed by atoms with van der Waals surface area (Å²) in [5.74, 6) is -0.279. The average molecular weight is 231 g/mol. The molecule has 3 rings (SSSR count). The van der Waals surface area contributed by atoms with Crippen molar-refractivity contribution in [1.82, 2.24) is 5.32 Å². The zero-order valence-corrected chi connectivity index (χ0v) is 9.50. The molecule has 0 heterocycles. The van der Waals surface area contributed by atoms with Gasteiger partial charge in [-0.1, -0.05) is 6.07 Å². The molecule has 0 atom stereocenters. The van der Waals surface area contributed by atoms with Crippen LogP contribution in [0.25, 0.3) is 5.57 Å². The monoisotopic (exact) mass is 231 g/mol. The van der Waals surface area contributed by atoms with E-state index in [1.165, 1.54) is 12.1 Å². The van der Waals surface area contributed by atoms with Crippen molar-refractivity contribution in [3.05, 3.63) is 41.2 Å². The van der Waals surface area contributed by atoms with E-state index in [1.807, 2.05) is 6.07 Å². The first-order valence-corrected chi connectivity index (χ1v) is 6.02. The molecule has 1 aromatic carbocycles. The fraction of sp³-hybridized carbons (Fsp3) is 0.357. The molecule has 0 aliphatic heterocycles. The van der Waals surface area contributed by atoms with Gasteiger partial charge in [0.25, 0.3) is 0 Å². The van der Waals surface area contributed by atoms with Gasteiger partial charge in [0.15, 0.2) is 0 Å². The minimum atomic E-state index is -0.237. The number of hydrogen-bond donors (Lipinski definition) is 1. The number of aryl methyl sites for hydroxylation is 1. The second-order valence-electron chi connectivity index (χ2n) is 4.75. The van der Waals surface area contributed by atoms with Gasteiger partial charge in [-0.15, -0.1) is 0 Å².